The van der Waals surface area contributed by atoms with Gasteiger partial charge < -0.3 is 5.32 Å². The van der Waals surface area contributed by atoms with Gasteiger partial charge >= 0.3 is 0 Å². The summed E-state index contributed by atoms with van der Waals surface area (Å²) in [6.45, 7) is 1.86. The monoisotopic (exact) mass is 393 g/mol. The van der Waals surface area contributed by atoms with E-state index in [-0.39, 0.29) is 6.04 Å². The third-order valence-corrected chi connectivity index (χ3v) is 3.73. The van der Waals surface area contributed by atoms with E-state index in [1.54, 1.807) is 6.07 Å². The van der Waals surface area contributed by atoms with E-state index < -0.39 is 11.6 Å². The smallest absolute Gasteiger partial charge is 0.159 e. The topological polar surface area (TPSA) is 12.0 Å². The van der Waals surface area contributed by atoms with Crippen molar-refractivity contribution >= 4 is 39.9 Å². The molecule has 1 unspecified atom stereocenters. The van der Waals surface area contributed by atoms with Crippen molar-refractivity contribution in [2.75, 3.05) is 5.32 Å². The molecule has 0 radical (unpaired) electrons. The predicted molar refractivity (Wildman–Crippen MR) is 82.6 cm³/mol. The van der Waals surface area contributed by atoms with Gasteiger partial charge in [-0.15, -0.1) is 0 Å². The van der Waals surface area contributed by atoms with Gasteiger partial charge in [-0.2, -0.15) is 0 Å². The van der Waals surface area contributed by atoms with Gasteiger partial charge in [-0.1, -0.05) is 17.7 Å². The van der Waals surface area contributed by atoms with Crippen molar-refractivity contribution < 1.29 is 8.78 Å². The Kier molecular flexibility index (Phi) is 4.62. The normalized spacial score (nSPS) is 12.3. The van der Waals surface area contributed by atoms with E-state index in [9.17, 15) is 8.78 Å². The molecule has 0 aliphatic heterocycles. The predicted octanol–water partition coefficient (Wildman–Crippen LogP) is 5.40. The van der Waals surface area contributed by atoms with E-state index in [0.717, 1.165) is 15.3 Å². The molecule has 0 aliphatic carbocycles. The molecule has 5 heteroatoms. The van der Waals surface area contributed by atoms with E-state index in [1.165, 1.54) is 6.07 Å². The summed E-state index contributed by atoms with van der Waals surface area (Å²) in [5.74, 6) is -1.69. The van der Waals surface area contributed by atoms with Gasteiger partial charge in [0.25, 0.3) is 0 Å². The highest BCUT2D eigenvalue weighted by Gasteiger charge is 2.10. The molecule has 2 rings (SSSR count). The number of anilines is 1. The molecule has 0 bridgehead atoms. The summed E-state index contributed by atoms with van der Waals surface area (Å²) >= 11 is 8.29. The average molecular weight is 394 g/mol. The number of benzene rings is 2. The summed E-state index contributed by atoms with van der Waals surface area (Å²) in [5.41, 5.74) is 1.42. The van der Waals surface area contributed by atoms with Crippen molar-refractivity contribution in [2.45, 2.75) is 13.0 Å². The zero-order chi connectivity index (χ0) is 14.0. The van der Waals surface area contributed by atoms with Gasteiger partial charge in [0, 0.05) is 9.61 Å². The molecule has 0 amide bonds. The summed E-state index contributed by atoms with van der Waals surface area (Å²) in [7, 11) is 0. The summed E-state index contributed by atoms with van der Waals surface area (Å²) in [5, 5.41) is 3.77. The second kappa shape index (κ2) is 6.05. The standard InChI is InChI=1S/C14H11ClF2IN/c1-8(9-2-4-12(16)13(17)6-9)19-14-5-3-10(18)7-11(14)15/h2-8,19H,1H3. The Labute approximate surface area is 129 Å². The zero-order valence-corrected chi connectivity index (χ0v) is 13.0. The van der Waals surface area contributed by atoms with Crippen LogP contribution in [-0.2, 0) is 0 Å². The van der Waals surface area contributed by atoms with Crippen molar-refractivity contribution in [3.8, 4) is 0 Å². The molecule has 0 aliphatic rings. The maximum Gasteiger partial charge on any atom is 0.159 e. The molecule has 2 aromatic carbocycles. The van der Waals surface area contributed by atoms with Crippen LogP contribution in [0.3, 0.4) is 0 Å². The fraction of sp³-hybridized carbons (Fsp3) is 0.143. The van der Waals surface area contributed by atoms with Crippen LogP contribution in [0.1, 0.15) is 18.5 Å². The van der Waals surface area contributed by atoms with Crippen LogP contribution in [0.5, 0.6) is 0 Å². The Bertz CT molecular complexity index is 604. The second-order valence-corrected chi connectivity index (χ2v) is 5.82. The van der Waals surface area contributed by atoms with Crippen molar-refractivity contribution in [1.29, 1.82) is 0 Å². The number of nitrogens with one attached hydrogen (secondary N) is 1. The Morgan fingerprint density at radius 3 is 2.47 bits per heavy atom. The summed E-state index contributed by atoms with van der Waals surface area (Å²) in [6.07, 6.45) is 0. The largest absolute Gasteiger partial charge is 0.377 e. The maximum absolute atomic E-state index is 13.2. The molecule has 0 aromatic heterocycles. The highest BCUT2D eigenvalue weighted by molar-refractivity contribution is 14.1. The first-order valence-corrected chi connectivity index (χ1v) is 7.09. The molecular weight excluding hydrogens is 383 g/mol. The molecule has 19 heavy (non-hydrogen) atoms. The lowest BCUT2D eigenvalue weighted by Crippen LogP contribution is -2.07. The minimum absolute atomic E-state index is 0.173. The van der Waals surface area contributed by atoms with Crippen LogP contribution in [0.4, 0.5) is 14.5 Å². The molecule has 2 aromatic rings. The third kappa shape index (κ3) is 3.57. The van der Waals surface area contributed by atoms with E-state index in [2.05, 4.69) is 27.9 Å². The molecule has 1 nitrogen and oxygen atoms in total. The third-order valence-electron chi connectivity index (χ3n) is 2.75. The molecule has 0 fully saturated rings. The highest BCUT2D eigenvalue weighted by atomic mass is 127. The number of hydrogen-bond donors (Lipinski definition) is 1. The van der Waals surface area contributed by atoms with Crippen molar-refractivity contribution in [2.24, 2.45) is 0 Å². The van der Waals surface area contributed by atoms with Gasteiger partial charge in [0.15, 0.2) is 11.6 Å². The van der Waals surface area contributed by atoms with Crippen molar-refractivity contribution in [3.63, 3.8) is 0 Å². The Balaban J connectivity index is 2.20. The highest BCUT2D eigenvalue weighted by Crippen LogP contribution is 2.28. The first-order valence-electron chi connectivity index (χ1n) is 5.64. The maximum atomic E-state index is 13.2. The summed E-state index contributed by atoms with van der Waals surface area (Å²) in [4.78, 5) is 0. The molecule has 100 valence electrons. The molecule has 0 heterocycles. The van der Waals surface area contributed by atoms with Crippen LogP contribution in [0, 0.1) is 15.2 Å². The first-order chi connectivity index (χ1) is 8.97. The molecule has 0 spiro atoms. The minimum Gasteiger partial charge on any atom is -0.377 e. The average Bonchev–Trinajstić information content (AvgIpc) is 2.36. The van der Waals surface area contributed by atoms with Crippen LogP contribution >= 0.6 is 34.2 Å². The van der Waals surface area contributed by atoms with E-state index in [4.69, 9.17) is 11.6 Å². The van der Waals surface area contributed by atoms with Gasteiger partial charge in [-0.05, 0) is 65.4 Å². The SMILES string of the molecule is CC(Nc1ccc(I)cc1Cl)c1ccc(F)c(F)c1. The molecular formula is C14H11ClF2IN. The fourth-order valence-corrected chi connectivity index (χ4v) is 2.62. The van der Waals surface area contributed by atoms with E-state index in [1.807, 2.05) is 25.1 Å². The quantitative estimate of drug-likeness (QED) is 0.689. The van der Waals surface area contributed by atoms with Crippen molar-refractivity contribution in [1.82, 2.24) is 0 Å². The van der Waals surface area contributed by atoms with Crippen molar-refractivity contribution in [3.05, 3.63) is 62.2 Å². The van der Waals surface area contributed by atoms with Crippen LogP contribution in [0.2, 0.25) is 5.02 Å². The number of hydrogen-bond acceptors (Lipinski definition) is 1. The zero-order valence-electron chi connectivity index (χ0n) is 10.1. The van der Waals surface area contributed by atoms with Gasteiger partial charge in [0.05, 0.1) is 10.7 Å². The van der Waals surface area contributed by atoms with Crippen LogP contribution in [0.25, 0.3) is 0 Å². The summed E-state index contributed by atoms with van der Waals surface area (Å²) in [6, 6.07) is 9.31. The van der Waals surface area contributed by atoms with Crippen LogP contribution < -0.4 is 5.32 Å². The van der Waals surface area contributed by atoms with Crippen LogP contribution in [0.15, 0.2) is 36.4 Å². The minimum atomic E-state index is -0.847. The van der Waals surface area contributed by atoms with Gasteiger partial charge in [-0.3, -0.25) is 0 Å². The van der Waals surface area contributed by atoms with Gasteiger partial charge in [0.1, 0.15) is 0 Å². The van der Waals surface area contributed by atoms with Crippen LogP contribution in [-0.4, -0.2) is 0 Å². The van der Waals surface area contributed by atoms with Gasteiger partial charge in [0.2, 0.25) is 0 Å². The lowest BCUT2D eigenvalue weighted by atomic mass is 10.1. The van der Waals surface area contributed by atoms with E-state index in [0.29, 0.717) is 10.6 Å². The Morgan fingerprint density at radius 1 is 1.11 bits per heavy atom. The molecule has 1 atom stereocenters. The molecule has 1 N–H and O–H groups in total. The molecule has 0 saturated heterocycles. The number of halogens is 4. The van der Waals surface area contributed by atoms with Gasteiger partial charge in [-0.25, -0.2) is 8.78 Å². The number of rotatable bonds is 3. The second-order valence-electron chi connectivity index (χ2n) is 4.16. The molecule has 0 saturated carbocycles. The Morgan fingerprint density at radius 2 is 1.84 bits per heavy atom. The first kappa shape index (κ1) is 14.5. The Hall–Kier alpha value is -0.880. The fourth-order valence-electron chi connectivity index (χ4n) is 1.70. The summed E-state index contributed by atoms with van der Waals surface area (Å²) < 4.78 is 27.1. The lowest BCUT2D eigenvalue weighted by molar-refractivity contribution is 0.506. The van der Waals surface area contributed by atoms with E-state index >= 15 is 0 Å². The lowest BCUT2D eigenvalue weighted by Gasteiger charge is -2.17.